The number of hydrogen-bond acceptors (Lipinski definition) is 6. The number of primary amides is 1. The summed E-state index contributed by atoms with van der Waals surface area (Å²) in [5.74, 6) is 0.890. The molecule has 9 nitrogen and oxygen atoms in total. The van der Waals surface area contributed by atoms with Gasteiger partial charge < -0.3 is 25.3 Å². The molecule has 3 aromatic rings. The second-order valence-electron chi connectivity index (χ2n) is 6.64. The smallest absolute Gasteiger partial charge is 0.269 e. The minimum Gasteiger partial charge on any atom is -0.493 e. The van der Waals surface area contributed by atoms with Gasteiger partial charge in [0, 0.05) is 18.3 Å². The zero-order valence-electron chi connectivity index (χ0n) is 17.5. The highest BCUT2D eigenvalue weighted by Gasteiger charge is 2.14. The Bertz CT molecular complexity index is 1050. The second kappa shape index (κ2) is 9.66. The first-order valence-electron chi connectivity index (χ1n) is 9.49. The molecule has 0 saturated heterocycles. The van der Waals surface area contributed by atoms with Gasteiger partial charge in [0.15, 0.2) is 11.5 Å². The fraction of sp³-hybridized carbons (Fsp3) is 0.227. The lowest BCUT2D eigenvalue weighted by Gasteiger charge is -2.14. The summed E-state index contributed by atoms with van der Waals surface area (Å²) in [7, 11) is 4.65. The van der Waals surface area contributed by atoms with Gasteiger partial charge in [-0.25, -0.2) is 4.68 Å². The topological polar surface area (TPSA) is 118 Å². The van der Waals surface area contributed by atoms with Gasteiger partial charge in [-0.2, -0.15) is 5.10 Å². The molecule has 3 N–H and O–H groups in total. The van der Waals surface area contributed by atoms with Gasteiger partial charge in [0.1, 0.15) is 5.69 Å². The molecule has 0 unspecified atom stereocenters. The van der Waals surface area contributed by atoms with Crippen molar-refractivity contribution in [1.82, 2.24) is 9.78 Å². The largest absolute Gasteiger partial charge is 0.493 e. The molecular weight excluding hydrogens is 400 g/mol. The summed E-state index contributed by atoms with van der Waals surface area (Å²) in [6.07, 6.45) is 2.43. The van der Waals surface area contributed by atoms with Gasteiger partial charge in [-0.3, -0.25) is 9.59 Å². The second-order valence-corrected chi connectivity index (χ2v) is 6.64. The van der Waals surface area contributed by atoms with Crippen molar-refractivity contribution in [2.75, 3.05) is 26.6 Å². The molecule has 0 radical (unpaired) electrons. The monoisotopic (exact) mass is 424 g/mol. The minimum absolute atomic E-state index is 0.128. The molecule has 0 atom stereocenters. The molecule has 2 aromatic carbocycles. The molecule has 2 amide bonds. The van der Waals surface area contributed by atoms with Crippen LogP contribution in [-0.4, -0.2) is 42.9 Å². The Morgan fingerprint density at radius 1 is 1.00 bits per heavy atom. The summed E-state index contributed by atoms with van der Waals surface area (Å²) in [4.78, 5) is 23.6. The average Bonchev–Trinajstić information content (AvgIpc) is 3.28. The number of nitrogens with zero attached hydrogens (tertiary/aromatic N) is 2. The molecule has 0 fully saturated rings. The van der Waals surface area contributed by atoms with Crippen LogP contribution in [0.1, 0.15) is 22.5 Å². The molecular formula is C22H24N4O5. The van der Waals surface area contributed by atoms with E-state index in [0.29, 0.717) is 29.4 Å². The van der Waals surface area contributed by atoms with Crippen molar-refractivity contribution < 1.29 is 23.8 Å². The van der Waals surface area contributed by atoms with Gasteiger partial charge in [0.05, 0.1) is 27.0 Å². The van der Waals surface area contributed by atoms with Crippen LogP contribution >= 0.6 is 0 Å². The number of aromatic nitrogens is 2. The molecule has 0 saturated carbocycles. The van der Waals surface area contributed by atoms with Crippen LogP contribution in [0.25, 0.3) is 5.69 Å². The summed E-state index contributed by atoms with van der Waals surface area (Å²) in [5.41, 5.74) is 7.69. The Kier molecular flexibility index (Phi) is 6.76. The van der Waals surface area contributed by atoms with E-state index in [-0.39, 0.29) is 18.0 Å². The van der Waals surface area contributed by atoms with Gasteiger partial charge in [0.2, 0.25) is 11.7 Å². The van der Waals surface area contributed by atoms with Crippen molar-refractivity contribution in [3.05, 3.63) is 59.9 Å². The molecule has 9 heteroatoms. The van der Waals surface area contributed by atoms with Crippen molar-refractivity contribution in [2.45, 2.75) is 12.8 Å². The van der Waals surface area contributed by atoms with Crippen LogP contribution in [0.4, 0.5) is 5.69 Å². The zero-order chi connectivity index (χ0) is 22.4. The Balaban J connectivity index is 1.61. The highest BCUT2D eigenvalue weighted by atomic mass is 16.5. The van der Waals surface area contributed by atoms with E-state index in [9.17, 15) is 9.59 Å². The predicted octanol–water partition coefficient (Wildman–Crippen LogP) is 2.57. The number of benzene rings is 2. The van der Waals surface area contributed by atoms with Crippen molar-refractivity contribution in [2.24, 2.45) is 5.73 Å². The first-order valence-corrected chi connectivity index (χ1v) is 9.49. The van der Waals surface area contributed by atoms with Crippen molar-refractivity contribution in [1.29, 1.82) is 0 Å². The van der Waals surface area contributed by atoms with Crippen LogP contribution in [0.5, 0.6) is 17.2 Å². The van der Waals surface area contributed by atoms with E-state index in [4.69, 9.17) is 19.9 Å². The minimum atomic E-state index is -0.588. The number of amides is 2. The highest BCUT2D eigenvalue weighted by molar-refractivity contribution is 5.91. The summed E-state index contributed by atoms with van der Waals surface area (Å²) >= 11 is 0. The van der Waals surface area contributed by atoms with Crippen LogP contribution in [0.2, 0.25) is 0 Å². The van der Waals surface area contributed by atoms with Crippen LogP contribution in [-0.2, 0) is 11.2 Å². The van der Waals surface area contributed by atoms with Crippen LogP contribution in [0.3, 0.4) is 0 Å². The first kappa shape index (κ1) is 21.7. The number of methoxy groups -OCH3 is 3. The quantitative estimate of drug-likeness (QED) is 0.545. The Labute approximate surface area is 179 Å². The Morgan fingerprint density at radius 3 is 2.16 bits per heavy atom. The maximum absolute atomic E-state index is 12.4. The first-order chi connectivity index (χ1) is 14.9. The maximum Gasteiger partial charge on any atom is 0.269 e. The predicted molar refractivity (Wildman–Crippen MR) is 115 cm³/mol. The third-order valence-corrected chi connectivity index (χ3v) is 4.62. The van der Waals surface area contributed by atoms with E-state index >= 15 is 0 Å². The lowest BCUT2D eigenvalue weighted by molar-refractivity contribution is -0.116. The van der Waals surface area contributed by atoms with Gasteiger partial charge in [0.25, 0.3) is 5.91 Å². The fourth-order valence-electron chi connectivity index (χ4n) is 3.06. The standard InChI is InChI=1S/C22H24N4O5/c1-29-18-12-14(13-19(30-2)21(18)31-3)4-9-20(27)24-15-5-7-16(8-6-15)26-11-10-17(25-26)22(23)28/h5-8,10-13H,4,9H2,1-3H3,(H2,23,28)(H,24,27). The summed E-state index contributed by atoms with van der Waals surface area (Å²) in [6.45, 7) is 0. The Morgan fingerprint density at radius 2 is 1.65 bits per heavy atom. The molecule has 0 aliphatic carbocycles. The van der Waals surface area contributed by atoms with E-state index in [1.54, 1.807) is 57.9 Å². The van der Waals surface area contributed by atoms with E-state index in [0.717, 1.165) is 11.3 Å². The van der Waals surface area contributed by atoms with Gasteiger partial charge >= 0.3 is 0 Å². The molecule has 0 bridgehead atoms. The van der Waals surface area contributed by atoms with E-state index in [1.165, 1.54) is 4.68 Å². The van der Waals surface area contributed by atoms with Crippen molar-refractivity contribution in [3.8, 4) is 22.9 Å². The SMILES string of the molecule is COc1cc(CCC(=O)Nc2ccc(-n3ccc(C(N)=O)n3)cc2)cc(OC)c1OC. The lowest BCUT2D eigenvalue weighted by atomic mass is 10.1. The van der Waals surface area contributed by atoms with Crippen molar-refractivity contribution >= 4 is 17.5 Å². The van der Waals surface area contributed by atoms with Gasteiger partial charge in [-0.15, -0.1) is 0 Å². The number of carbonyl (C=O) groups excluding carboxylic acids is 2. The summed E-state index contributed by atoms with van der Waals surface area (Å²) in [5, 5.41) is 6.96. The fourth-order valence-corrected chi connectivity index (χ4v) is 3.06. The van der Waals surface area contributed by atoms with Crippen LogP contribution in [0, 0.1) is 0 Å². The number of nitrogens with two attached hydrogens (primary N) is 1. The molecule has 0 spiro atoms. The normalized spacial score (nSPS) is 10.4. The number of nitrogens with one attached hydrogen (secondary N) is 1. The van der Waals surface area contributed by atoms with Crippen LogP contribution < -0.4 is 25.3 Å². The van der Waals surface area contributed by atoms with E-state index in [2.05, 4.69) is 10.4 Å². The van der Waals surface area contributed by atoms with Crippen LogP contribution in [0.15, 0.2) is 48.7 Å². The molecule has 162 valence electrons. The van der Waals surface area contributed by atoms with E-state index < -0.39 is 5.91 Å². The Hall–Kier alpha value is -4.01. The third kappa shape index (κ3) is 5.13. The lowest BCUT2D eigenvalue weighted by Crippen LogP contribution is -2.13. The number of aryl methyl sites for hydroxylation is 1. The highest BCUT2D eigenvalue weighted by Crippen LogP contribution is 2.38. The third-order valence-electron chi connectivity index (χ3n) is 4.62. The molecule has 1 heterocycles. The molecule has 31 heavy (non-hydrogen) atoms. The van der Waals surface area contributed by atoms with Gasteiger partial charge in [-0.1, -0.05) is 0 Å². The number of ether oxygens (including phenoxy) is 3. The zero-order valence-corrected chi connectivity index (χ0v) is 17.5. The number of carbonyl (C=O) groups is 2. The molecule has 0 aliphatic heterocycles. The molecule has 3 rings (SSSR count). The van der Waals surface area contributed by atoms with E-state index in [1.807, 2.05) is 12.1 Å². The molecule has 0 aliphatic rings. The summed E-state index contributed by atoms with van der Waals surface area (Å²) < 4.78 is 17.5. The number of rotatable bonds is 9. The average molecular weight is 424 g/mol. The summed E-state index contributed by atoms with van der Waals surface area (Å²) in [6, 6.07) is 12.3. The molecule has 1 aromatic heterocycles. The maximum atomic E-state index is 12.4. The number of hydrogen-bond donors (Lipinski definition) is 2. The van der Waals surface area contributed by atoms with Gasteiger partial charge in [-0.05, 0) is 54.4 Å². The number of anilines is 1. The van der Waals surface area contributed by atoms with Crippen molar-refractivity contribution in [3.63, 3.8) is 0 Å².